The third-order valence-corrected chi connectivity index (χ3v) is 5.35. The molecule has 3 aromatic rings. The first kappa shape index (κ1) is 16.2. The van der Waals surface area contributed by atoms with E-state index in [9.17, 15) is 0 Å². The van der Waals surface area contributed by atoms with Crippen LogP contribution in [0.4, 0.5) is 0 Å². The van der Waals surface area contributed by atoms with Gasteiger partial charge in [0, 0.05) is 30.7 Å². The average molecular weight is 334 g/mol. The number of aromatic amines is 1. The number of piperidine rings is 1. The average Bonchev–Trinajstić information content (AvgIpc) is 3.10. The van der Waals surface area contributed by atoms with Gasteiger partial charge in [-0.1, -0.05) is 30.3 Å². The standard InChI is InChI=1S/C22H26N2O/c1-25-21-9-4-7-17(15-21)19-8-5-12-24(16-19)13-11-20-14-18-6-2-3-10-22(18)23-20/h2-4,6-7,9-10,14-15,19,23H,5,8,11-13,16H2,1H3. The minimum atomic E-state index is 0.617. The van der Waals surface area contributed by atoms with Gasteiger partial charge in [-0.2, -0.15) is 0 Å². The number of hydrogen-bond donors (Lipinski definition) is 1. The molecule has 1 atom stereocenters. The van der Waals surface area contributed by atoms with E-state index in [-0.39, 0.29) is 0 Å². The highest BCUT2D eigenvalue weighted by atomic mass is 16.5. The SMILES string of the molecule is COc1cccc(C2CCCN(CCc3cc4ccccc4[nH]3)C2)c1. The van der Waals surface area contributed by atoms with Gasteiger partial charge in [0.1, 0.15) is 5.75 Å². The van der Waals surface area contributed by atoms with Crippen molar-refractivity contribution >= 4 is 10.9 Å². The van der Waals surface area contributed by atoms with E-state index in [1.54, 1.807) is 7.11 Å². The number of rotatable bonds is 5. The number of nitrogens with zero attached hydrogens (tertiary/aromatic N) is 1. The van der Waals surface area contributed by atoms with Crippen molar-refractivity contribution in [2.45, 2.75) is 25.2 Å². The third-order valence-electron chi connectivity index (χ3n) is 5.35. The largest absolute Gasteiger partial charge is 0.497 e. The van der Waals surface area contributed by atoms with E-state index in [4.69, 9.17) is 4.74 Å². The molecule has 1 aliphatic heterocycles. The number of fused-ring (bicyclic) bond motifs is 1. The van der Waals surface area contributed by atoms with Crippen LogP contribution in [0.2, 0.25) is 0 Å². The fourth-order valence-corrected chi connectivity index (χ4v) is 3.97. The van der Waals surface area contributed by atoms with Crippen molar-refractivity contribution < 1.29 is 4.74 Å². The lowest BCUT2D eigenvalue weighted by Gasteiger charge is -2.33. The monoisotopic (exact) mass is 334 g/mol. The molecule has 1 fully saturated rings. The maximum atomic E-state index is 5.39. The fraction of sp³-hybridized carbons (Fsp3) is 0.364. The lowest BCUT2D eigenvalue weighted by molar-refractivity contribution is 0.209. The third kappa shape index (κ3) is 3.72. The summed E-state index contributed by atoms with van der Waals surface area (Å²) in [6.45, 7) is 3.47. The van der Waals surface area contributed by atoms with Crippen LogP contribution in [0, 0.1) is 0 Å². The predicted octanol–water partition coefficient (Wildman–Crippen LogP) is 4.60. The van der Waals surface area contributed by atoms with Crippen molar-refractivity contribution in [2.24, 2.45) is 0 Å². The smallest absolute Gasteiger partial charge is 0.119 e. The Morgan fingerprint density at radius 1 is 1.12 bits per heavy atom. The molecule has 0 aliphatic carbocycles. The van der Waals surface area contributed by atoms with Crippen molar-refractivity contribution in [3.63, 3.8) is 0 Å². The first-order chi connectivity index (χ1) is 12.3. The van der Waals surface area contributed by atoms with Crippen molar-refractivity contribution in [2.75, 3.05) is 26.7 Å². The number of likely N-dealkylation sites (tertiary alicyclic amines) is 1. The van der Waals surface area contributed by atoms with Crippen molar-refractivity contribution in [1.29, 1.82) is 0 Å². The Morgan fingerprint density at radius 3 is 2.92 bits per heavy atom. The zero-order valence-corrected chi connectivity index (χ0v) is 14.9. The highest BCUT2D eigenvalue weighted by Gasteiger charge is 2.21. The molecule has 0 spiro atoms. The Balaban J connectivity index is 1.39. The van der Waals surface area contributed by atoms with Crippen LogP contribution in [0.3, 0.4) is 0 Å². The molecule has 130 valence electrons. The quantitative estimate of drug-likeness (QED) is 0.739. The summed E-state index contributed by atoms with van der Waals surface area (Å²) in [5.41, 5.74) is 3.99. The molecule has 2 aromatic carbocycles. The second-order valence-electron chi connectivity index (χ2n) is 7.05. The maximum Gasteiger partial charge on any atom is 0.119 e. The van der Waals surface area contributed by atoms with Crippen LogP contribution < -0.4 is 4.74 Å². The zero-order valence-electron chi connectivity index (χ0n) is 14.9. The summed E-state index contributed by atoms with van der Waals surface area (Å²) in [6.07, 6.45) is 3.63. The van der Waals surface area contributed by atoms with Crippen LogP contribution in [-0.4, -0.2) is 36.6 Å². The summed E-state index contributed by atoms with van der Waals surface area (Å²) in [7, 11) is 1.74. The van der Waals surface area contributed by atoms with Gasteiger partial charge in [0.2, 0.25) is 0 Å². The topological polar surface area (TPSA) is 28.3 Å². The van der Waals surface area contributed by atoms with E-state index >= 15 is 0 Å². The van der Waals surface area contributed by atoms with Gasteiger partial charge < -0.3 is 14.6 Å². The molecule has 25 heavy (non-hydrogen) atoms. The summed E-state index contributed by atoms with van der Waals surface area (Å²) in [5.74, 6) is 1.58. The normalized spacial score (nSPS) is 18.5. The van der Waals surface area contributed by atoms with Crippen LogP contribution >= 0.6 is 0 Å². The van der Waals surface area contributed by atoms with Gasteiger partial charge in [-0.15, -0.1) is 0 Å². The molecule has 2 heterocycles. The van der Waals surface area contributed by atoms with Crippen molar-refractivity contribution in [3.8, 4) is 5.75 Å². The molecule has 3 nitrogen and oxygen atoms in total. The maximum absolute atomic E-state index is 5.39. The molecule has 0 amide bonds. The fourth-order valence-electron chi connectivity index (χ4n) is 3.97. The number of H-pyrrole nitrogens is 1. The van der Waals surface area contributed by atoms with Gasteiger partial charge in [-0.05, 0) is 60.5 Å². The molecule has 0 bridgehead atoms. The van der Waals surface area contributed by atoms with Gasteiger partial charge in [0.05, 0.1) is 7.11 Å². The van der Waals surface area contributed by atoms with Gasteiger partial charge >= 0.3 is 0 Å². The van der Waals surface area contributed by atoms with E-state index in [0.29, 0.717) is 5.92 Å². The van der Waals surface area contributed by atoms with Gasteiger partial charge in [-0.25, -0.2) is 0 Å². The number of ether oxygens (including phenoxy) is 1. The first-order valence-electron chi connectivity index (χ1n) is 9.25. The minimum Gasteiger partial charge on any atom is -0.497 e. The number of para-hydroxylation sites is 1. The number of nitrogens with one attached hydrogen (secondary N) is 1. The van der Waals surface area contributed by atoms with Gasteiger partial charge in [-0.3, -0.25) is 0 Å². The molecule has 0 radical (unpaired) electrons. The molecule has 3 heteroatoms. The summed E-state index contributed by atoms with van der Waals surface area (Å²) < 4.78 is 5.39. The molecule has 4 rings (SSSR count). The van der Waals surface area contributed by atoms with E-state index < -0.39 is 0 Å². The Hall–Kier alpha value is -2.26. The molecule has 1 unspecified atom stereocenters. The van der Waals surface area contributed by atoms with Gasteiger partial charge in [0.25, 0.3) is 0 Å². The summed E-state index contributed by atoms with van der Waals surface area (Å²) in [4.78, 5) is 6.16. The van der Waals surface area contributed by atoms with Crippen molar-refractivity contribution in [3.05, 3.63) is 65.9 Å². The second kappa shape index (κ2) is 7.32. The van der Waals surface area contributed by atoms with Crippen LogP contribution in [-0.2, 0) is 6.42 Å². The number of methoxy groups -OCH3 is 1. The Morgan fingerprint density at radius 2 is 2.04 bits per heavy atom. The summed E-state index contributed by atoms with van der Waals surface area (Å²) in [5, 5.41) is 1.31. The zero-order chi connectivity index (χ0) is 17.1. The van der Waals surface area contributed by atoms with E-state index in [2.05, 4.69) is 58.4 Å². The van der Waals surface area contributed by atoms with Crippen molar-refractivity contribution in [1.82, 2.24) is 9.88 Å². The second-order valence-corrected chi connectivity index (χ2v) is 7.05. The summed E-state index contributed by atoms with van der Waals surface area (Å²) in [6, 6.07) is 19.4. The minimum absolute atomic E-state index is 0.617. The Bertz CT molecular complexity index is 806. The predicted molar refractivity (Wildman–Crippen MR) is 103 cm³/mol. The molecular weight excluding hydrogens is 308 g/mol. The highest BCUT2D eigenvalue weighted by molar-refractivity contribution is 5.80. The molecular formula is C22H26N2O. The number of aromatic nitrogens is 1. The molecule has 0 saturated carbocycles. The van der Waals surface area contributed by atoms with Crippen LogP contribution in [0.15, 0.2) is 54.6 Å². The number of hydrogen-bond acceptors (Lipinski definition) is 2. The first-order valence-corrected chi connectivity index (χ1v) is 9.25. The van der Waals surface area contributed by atoms with Crippen LogP contribution in [0.5, 0.6) is 5.75 Å². The lowest BCUT2D eigenvalue weighted by Crippen LogP contribution is -2.35. The Labute approximate surface area is 149 Å². The van der Waals surface area contributed by atoms with E-state index in [1.807, 2.05) is 6.07 Å². The van der Waals surface area contributed by atoms with E-state index in [0.717, 1.165) is 25.3 Å². The summed E-state index contributed by atoms with van der Waals surface area (Å²) >= 11 is 0. The Kier molecular flexibility index (Phi) is 4.75. The molecule has 1 aromatic heterocycles. The number of benzene rings is 2. The lowest BCUT2D eigenvalue weighted by atomic mass is 9.90. The van der Waals surface area contributed by atoms with Crippen LogP contribution in [0.25, 0.3) is 10.9 Å². The van der Waals surface area contributed by atoms with E-state index in [1.165, 1.54) is 41.5 Å². The van der Waals surface area contributed by atoms with Crippen LogP contribution in [0.1, 0.15) is 30.0 Å². The molecule has 1 aliphatic rings. The van der Waals surface area contributed by atoms with Gasteiger partial charge in [0.15, 0.2) is 0 Å². The molecule has 1 saturated heterocycles. The molecule has 1 N–H and O–H groups in total. The highest BCUT2D eigenvalue weighted by Crippen LogP contribution is 2.29.